The quantitative estimate of drug-likeness (QED) is 0.711. The van der Waals surface area contributed by atoms with E-state index >= 15 is 0 Å². The van der Waals surface area contributed by atoms with Crippen molar-refractivity contribution in [1.29, 1.82) is 0 Å². The number of morpholine rings is 1. The summed E-state index contributed by atoms with van der Waals surface area (Å²) in [4.78, 5) is 17.3. The smallest absolute Gasteiger partial charge is 0.154 e. The van der Waals surface area contributed by atoms with Gasteiger partial charge in [-0.1, -0.05) is 23.7 Å². The number of pyridine rings is 1. The molecule has 4 aliphatic rings. The molecule has 168 valence electrons. The number of hydrogen-bond donors (Lipinski definition) is 0. The van der Waals surface area contributed by atoms with Crippen LogP contribution in [0.1, 0.15) is 24.1 Å². The lowest BCUT2D eigenvalue weighted by atomic mass is 9.88. The molecule has 0 radical (unpaired) electrons. The molecule has 1 aromatic heterocycles. The molecule has 7 nitrogen and oxygen atoms in total. The van der Waals surface area contributed by atoms with Gasteiger partial charge >= 0.3 is 0 Å². The summed E-state index contributed by atoms with van der Waals surface area (Å²) in [5.74, 6) is 1.04. The highest BCUT2D eigenvalue weighted by Gasteiger charge is 2.48. The van der Waals surface area contributed by atoms with Crippen LogP contribution in [0.25, 0.3) is 0 Å². The number of benzene rings is 1. The van der Waals surface area contributed by atoms with Crippen LogP contribution in [-0.4, -0.2) is 74.0 Å². The van der Waals surface area contributed by atoms with E-state index in [1.54, 1.807) is 0 Å². The molecule has 6 rings (SSSR count). The van der Waals surface area contributed by atoms with Crippen molar-refractivity contribution in [2.45, 2.75) is 24.9 Å². The zero-order valence-corrected chi connectivity index (χ0v) is 18.9. The Bertz CT molecular complexity index is 1020. The maximum absolute atomic E-state index is 6.14. The van der Waals surface area contributed by atoms with Crippen LogP contribution in [0.15, 0.2) is 41.5 Å². The Morgan fingerprint density at radius 2 is 1.75 bits per heavy atom. The van der Waals surface area contributed by atoms with E-state index in [-0.39, 0.29) is 5.54 Å². The van der Waals surface area contributed by atoms with Crippen LogP contribution in [-0.2, 0) is 16.0 Å². The lowest BCUT2D eigenvalue weighted by molar-refractivity contribution is 0.0111. The van der Waals surface area contributed by atoms with Crippen LogP contribution in [0.5, 0.6) is 0 Å². The number of nitrogens with zero attached hydrogens (tertiary/aromatic N) is 5. The maximum Gasteiger partial charge on any atom is 0.154 e. The highest BCUT2D eigenvalue weighted by Crippen LogP contribution is 2.41. The molecule has 0 unspecified atom stereocenters. The Morgan fingerprint density at radius 3 is 2.53 bits per heavy atom. The first-order chi connectivity index (χ1) is 15.7. The summed E-state index contributed by atoms with van der Waals surface area (Å²) in [5, 5.41) is 0.763. The number of fused-ring (bicyclic) bond motifs is 4. The molecule has 0 aliphatic carbocycles. The molecule has 8 heteroatoms. The Morgan fingerprint density at radius 1 is 1.00 bits per heavy atom. The Kier molecular flexibility index (Phi) is 5.20. The molecular weight excluding hydrogens is 426 g/mol. The monoisotopic (exact) mass is 453 g/mol. The minimum atomic E-state index is 0.0497. The van der Waals surface area contributed by atoms with E-state index < -0.39 is 0 Å². The van der Waals surface area contributed by atoms with Crippen molar-refractivity contribution < 1.29 is 9.47 Å². The molecular formula is C24H28ClN5O2. The number of amidine groups is 1. The molecule has 4 aliphatic heterocycles. The molecule has 2 fully saturated rings. The van der Waals surface area contributed by atoms with Gasteiger partial charge < -0.3 is 24.2 Å². The van der Waals surface area contributed by atoms with Gasteiger partial charge in [0.05, 0.1) is 49.5 Å². The molecule has 1 aromatic carbocycles. The van der Waals surface area contributed by atoms with Crippen LogP contribution >= 0.6 is 11.6 Å². The molecule has 2 saturated heterocycles. The molecule has 32 heavy (non-hydrogen) atoms. The second-order valence-electron chi connectivity index (χ2n) is 9.03. The summed E-state index contributed by atoms with van der Waals surface area (Å²) in [6, 6.07) is 10.4. The number of anilines is 2. The highest BCUT2D eigenvalue weighted by atomic mass is 35.5. The third-order valence-corrected chi connectivity index (χ3v) is 7.41. The minimum absolute atomic E-state index is 0.0497. The average molecular weight is 454 g/mol. The molecule has 0 saturated carbocycles. The van der Waals surface area contributed by atoms with Crippen LogP contribution in [0.4, 0.5) is 11.4 Å². The van der Waals surface area contributed by atoms with Crippen molar-refractivity contribution in [1.82, 2.24) is 9.88 Å². The van der Waals surface area contributed by atoms with E-state index in [2.05, 4.69) is 32.9 Å². The molecule has 2 aromatic rings. The molecule has 0 N–H and O–H groups in total. The molecule has 0 atom stereocenters. The zero-order valence-electron chi connectivity index (χ0n) is 18.2. The summed E-state index contributed by atoms with van der Waals surface area (Å²) in [5.41, 5.74) is 4.58. The second kappa shape index (κ2) is 8.21. The van der Waals surface area contributed by atoms with Crippen molar-refractivity contribution in [2.24, 2.45) is 4.99 Å². The van der Waals surface area contributed by atoms with Crippen molar-refractivity contribution in [3.8, 4) is 0 Å². The first kappa shape index (κ1) is 20.3. The lowest BCUT2D eigenvalue weighted by Gasteiger charge is -2.48. The van der Waals surface area contributed by atoms with Gasteiger partial charge in [-0.25, -0.2) is 4.98 Å². The molecule has 1 spiro atoms. The van der Waals surface area contributed by atoms with Crippen molar-refractivity contribution in [2.75, 3.05) is 62.5 Å². The van der Waals surface area contributed by atoms with Gasteiger partial charge in [-0.15, -0.1) is 0 Å². The van der Waals surface area contributed by atoms with E-state index in [4.69, 9.17) is 31.1 Å². The van der Waals surface area contributed by atoms with Gasteiger partial charge in [0, 0.05) is 37.9 Å². The Balaban J connectivity index is 1.38. The summed E-state index contributed by atoms with van der Waals surface area (Å²) in [6.45, 7) is 7.35. The number of halogens is 1. The normalized spacial score (nSPS) is 22.0. The lowest BCUT2D eigenvalue weighted by Crippen LogP contribution is -2.58. The third-order valence-electron chi connectivity index (χ3n) is 7.16. The number of rotatable bonds is 3. The molecule has 5 heterocycles. The van der Waals surface area contributed by atoms with Crippen molar-refractivity contribution in [3.63, 3.8) is 0 Å². The summed E-state index contributed by atoms with van der Waals surface area (Å²) >= 11 is 6.14. The first-order valence-electron chi connectivity index (χ1n) is 11.4. The second-order valence-corrected chi connectivity index (χ2v) is 9.47. The summed E-state index contributed by atoms with van der Waals surface area (Å²) < 4.78 is 11.2. The van der Waals surface area contributed by atoms with Gasteiger partial charge in [0.25, 0.3) is 0 Å². The van der Waals surface area contributed by atoms with E-state index in [1.807, 2.05) is 18.3 Å². The predicted octanol–water partition coefficient (Wildman–Crippen LogP) is 3.16. The fourth-order valence-electron chi connectivity index (χ4n) is 5.26. The van der Waals surface area contributed by atoms with Gasteiger partial charge in [0.1, 0.15) is 5.69 Å². The van der Waals surface area contributed by atoms with E-state index in [9.17, 15) is 0 Å². The zero-order chi connectivity index (χ0) is 21.5. The minimum Gasteiger partial charge on any atom is -0.381 e. The van der Waals surface area contributed by atoms with Crippen LogP contribution in [0.3, 0.4) is 0 Å². The van der Waals surface area contributed by atoms with Gasteiger partial charge in [0.2, 0.25) is 0 Å². The molecule has 0 amide bonds. The Hall–Kier alpha value is -2.35. The van der Waals surface area contributed by atoms with E-state index in [1.165, 1.54) is 5.56 Å². The van der Waals surface area contributed by atoms with E-state index in [0.29, 0.717) is 0 Å². The predicted molar refractivity (Wildman–Crippen MR) is 126 cm³/mol. The summed E-state index contributed by atoms with van der Waals surface area (Å²) in [6.07, 6.45) is 4.03. The van der Waals surface area contributed by atoms with Crippen molar-refractivity contribution in [3.05, 3.63) is 52.8 Å². The van der Waals surface area contributed by atoms with E-state index in [0.717, 1.165) is 100 Å². The van der Waals surface area contributed by atoms with Gasteiger partial charge in [-0.2, -0.15) is 0 Å². The van der Waals surface area contributed by atoms with Crippen LogP contribution < -0.4 is 9.80 Å². The number of aromatic nitrogens is 1. The third kappa shape index (κ3) is 3.52. The molecule has 0 bridgehead atoms. The topological polar surface area (TPSA) is 53.4 Å². The van der Waals surface area contributed by atoms with Crippen LogP contribution in [0.2, 0.25) is 5.02 Å². The van der Waals surface area contributed by atoms with Gasteiger partial charge in [0.15, 0.2) is 5.84 Å². The van der Waals surface area contributed by atoms with Gasteiger partial charge in [-0.05, 0) is 36.6 Å². The van der Waals surface area contributed by atoms with Crippen LogP contribution in [0, 0.1) is 0 Å². The maximum atomic E-state index is 6.14. The SMILES string of the molecule is Clc1ccc(CN2CN3C(=NCC34CCOCC4)c3ncc(N4CCOCC4)cc32)cc1. The van der Waals surface area contributed by atoms with Gasteiger partial charge in [-0.3, -0.25) is 4.99 Å². The largest absolute Gasteiger partial charge is 0.381 e. The fraction of sp³-hybridized carbons (Fsp3) is 0.500. The average Bonchev–Trinajstić information content (AvgIpc) is 3.19. The number of aliphatic imine (C=N–C) groups is 1. The summed E-state index contributed by atoms with van der Waals surface area (Å²) in [7, 11) is 0. The standard InChI is InChI=1S/C24H28ClN5O2/c25-19-3-1-18(2-4-19)15-29-17-30-23(27-16-24(30)5-9-31-10-6-24)22-21(29)13-20(14-26-22)28-7-11-32-12-8-28/h1-4,13-14H,5-12,15-17H2. The highest BCUT2D eigenvalue weighted by molar-refractivity contribution is 6.30. The first-order valence-corrected chi connectivity index (χ1v) is 11.8. The Labute approximate surface area is 193 Å². The van der Waals surface area contributed by atoms with Crippen molar-refractivity contribution >= 4 is 28.8 Å². The number of hydrogen-bond acceptors (Lipinski definition) is 7. The number of ether oxygens (including phenoxy) is 2. The fourth-order valence-corrected chi connectivity index (χ4v) is 5.39.